The lowest BCUT2D eigenvalue weighted by molar-refractivity contribution is -0.300. The molecule has 10 nitrogen and oxygen atoms in total. The van der Waals surface area contributed by atoms with Gasteiger partial charge in [0.25, 0.3) is 0 Å². The number of methoxy groups -OCH3 is 1. The van der Waals surface area contributed by atoms with Crippen LogP contribution in [0.5, 0.6) is 0 Å². The normalized spacial score (nSPS) is 25.9. The minimum atomic E-state index is -6.12. The number of hydrogen-bond donors (Lipinski definition) is 0. The van der Waals surface area contributed by atoms with Crippen LogP contribution in [0, 0.1) is 0 Å². The van der Waals surface area contributed by atoms with Gasteiger partial charge in [0.1, 0.15) is 18.8 Å². The highest BCUT2D eigenvalue weighted by Gasteiger charge is 2.56. The van der Waals surface area contributed by atoms with Gasteiger partial charge in [-0.15, -0.1) is 0 Å². The van der Waals surface area contributed by atoms with Crippen LogP contribution < -0.4 is 0 Å². The maximum atomic E-state index is 13.0. The lowest BCUT2D eigenvalue weighted by atomic mass is 9.98. The van der Waals surface area contributed by atoms with Gasteiger partial charge in [-0.3, -0.25) is 13.8 Å². The fourth-order valence-corrected chi connectivity index (χ4v) is 3.60. The van der Waals surface area contributed by atoms with Crippen molar-refractivity contribution in [1.29, 1.82) is 0 Å². The third kappa shape index (κ3) is 7.37. The molecule has 1 heterocycles. The molecule has 1 saturated heterocycles. The molecule has 0 bridgehead atoms. The molecule has 0 aliphatic carbocycles. The summed E-state index contributed by atoms with van der Waals surface area (Å²) in [6.45, 7) is 1.41. The average Bonchev–Trinajstić information content (AvgIpc) is 2.71. The highest BCUT2D eigenvalue weighted by Crippen LogP contribution is 2.34. The van der Waals surface area contributed by atoms with E-state index < -0.39 is 64.9 Å². The summed E-state index contributed by atoms with van der Waals surface area (Å²) in [6, 6.07) is 8.36. The molecule has 2 rings (SSSR count). The molecule has 1 aliphatic rings. The van der Waals surface area contributed by atoms with Crippen molar-refractivity contribution in [2.45, 2.75) is 56.7 Å². The Bertz CT molecular complexity index is 906. The van der Waals surface area contributed by atoms with Crippen molar-refractivity contribution >= 4 is 22.1 Å². The molecule has 0 N–H and O–H groups in total. The minimum absolute atomic E-state index is 0.216. The molecule has 14 heteroatoms. The quantitative estimate of drug-likeness (QED) is 0.281. The van der Waals surface area contributed by atoms with Crippen LogP contribution in [-0.2, 0) is 54.2 Å². The molecular formula is C19H23F3O10S. The number of alkyl halides is 3. The Labute approximate surface area is 188 Å². The lowest BCUT2D eigenvalue weighted by Crippen LogP contribution is -2.62. The van der Waals surface area contributed by atoms with Gasteiger partial charge in [-0.1, -0.05) is 30.3 Å². The van der Waals surface area contributed by atoms with Crippen molar-refractivity contribution in [2.24, 2.45) is 0 Å². The van der Waals surface area contributed by atoms with E-state index in [2.05, 4.69) is 4.18 Å². The zero-order valence-electron chi connectivity index (χ0n) is 17.8. The van der Waals surface area contributed by atoms with Crippen LogP contribution in [0.3, 0.4) is 0 Å². The lowest BCUT2D eigenvalue weighted by Gasteiger charge is -2.44. The predicted molar refractivity (Wildman–Crippen MR) is 103 cm³/mol. The first-order valence-corrected chi connectivity index (χ1v) is 10.9. The van der Waals surface area contributed by atoms with Gasteiger partial charge < -0.3 is 23.7 Å². The molecule has 33 heavy (non-hydrogen) atoms. The number of ether oxygens (including phenoxy) is 5. The van der Waals surface area contributed by atoms with Gasteiger partial charge in [0.2, 0.25) is 0 Å². The van der Waals surface area contributed by atoms with Gasteiger partial charge in [0.05, 0.1) is 6.61 Å². The summed E-state index contributed by atoms with van der Waals surface area (Å²) < 4.78 is 93.1. The van der Waals surface area contributed by atoms with Crippen molar-refractivity contribution in [3.8, 4) is 0 Å². The summed E-state index contributed by atoms with van der Waals surface area (Å²) in [5, 5.41) is 0. The van der Waals surface area contributed by atoms with Crippen LogP contribution in [0.2, 0.25) is 0 Å². The number of esters is 2. The first-order chi connectivity index (χ1) is 15.4. The first kappa shape index (κ1) is 27.0. The van der Waals surface area contributed by atoms with Crippen LogP contribution in [0.25, 0.3) is 0 Å². The van der Waals surface area contributed by atoms with Gasteiger partial charge in [-0.25, -0.2) is 0 Å². The molecule has 1 aliphatic heterocycles. The SMILES string of the molecule is CO[C@@H]1O[C@H](COC(C)=O)[C@@H](OC(C)=O)[C@H](OCc2ccccc2)[C@@H]1OS(=O)(=O)C(F)(F)F. The van der Waals surface area contributed by atoms with E-state index in [1.807, 2.05) is 0 Å². The van der Waals surface area contributed by atoms with Gasteiger partial charge in [-0.2, -0.15) is 21.6 Å². The average molecular weight is 500 g/mol. The van der Waals surface area contributed by atoms with Gasteiger partial charge in [0, 0.05) is 21.0 Å². The molecule has 0 radical (unpaired) electrons. The van der Waals surface area contributed by atoms with E-state index in [0.29, 0.717) is 5.56 Å². The predicted octanol–water partition coefficient (Wildman–Crippen LogP) is 1.67. The summed E-state index contributed by atoms with van der Waals surface area (Å²) in [5.41, 5.74) is -5.17. The van der Waals surface area contributed by atoms with E-state index >= 15 is 0 Å². The second kappa shape index (κ2) is 11.2. The van der Waals surface area contributed by atoms with E-state index in [0.717, 1.165) is 21.0 Å². The summed E-state index contributed by atoms with van der Waals surface area (Å²) in [4.78, 5) is 23.0. The minimum Gasteiger partial charge on any atom is -0.463 e. The number of halogens is 3. The third-order valence-electron chi connectivity index (χ3n) is 4.38. The Balaban J connectivity index is 2.45. The maximum absolute atomic E-state index is 13.0. The standard InChI is InChI=1S/C19H23F3O10S/c1-11(23)28-10-14-15(30-12(2)24)16(29-9-13-7-5-4-6-8-13)17(18(27-3)31-14)32-33(25,26)19(20,21)22/h4-8,14-18H,9-10H2,1-3H3/t14-,15-,16+,17+,18-/m1/s1. The summed E-state index contributed by atoms with van der Waals surface area (Å²) >= 11 is 0. The third-order valence-corrected chi connectivity index (χ3v) is 5.43. The zero-order chi connectivity index (χ0) is 24.8. The molecule has 1 fully saturated rings. The van der Waals surface area contributed by atoms with E-state index in [1.165, 1.54) is 0 Å². The largest absolute Gasteiger partial charge is 0.523 e. The Morgan fingerprint density at radius 3 is 2.18 bits per heavy atom. The van der Waals surface area contributed by atoms with Crippen LogP contribution in [0.15, 0.2) is 30.3 Å². The van der Waals surface area contributed by atoms with Crippen LogP contribution in [0.1, 0.15) is 19.4 Å². The number of rotatable bonds is 9. The highest BCUT2D eigenvalue weighted by atomic mass is 32.2. The number of hydrogen-bond acceptors (Lipinski definition) is 10. The smallest absolute Gasteiger partial charge is 0.463 e. The van der Waals surface area contributed by atoms with Crippen molar-refractivity contribution < 1.29 is 59.0 Å². The molecule has 1 aromatic rings. The summed E-state index contributed by atoms with van der Waals surface area (Å²) in [7, 11) is -5.08. The molecule has 0 aromatic heterocycles. The van der Waals surface area contributed by atoms with E-state index in [1.54, 1.807) is 30.3 Å². The van der Waals surface area contributed by atoms with Crippen molar-refractivity contribution in [3.05, 3.63) is 35.9 Å². The van der Waals surface area contributed by atoms with Crippen molar-refractivity contribution in [1.82, 2.24) is 0 Å². The van der Waals surface area contributed by atoms with Crippen LogP contribution >= 0.6 is 0 Å². The summed E-state index contributed by atoms with van der Waals surface area (Å²) in [6.07, 6.45) is -8.13. The molecule has 0 spiro atoms. The number of carbonyl (C=O) groups excluding carboxylic acids is 2. The molecular weight excluding hydrogens is 477 g/mol. The molecule has 186 valence electrons. The summed E-state index contributed by atoms with van der Waals surface area (Å²) in [5.74, 6) is -1.59. The van der Waals surface area contributed by atoms with Gasteiger partial charge >= 0.3 is 27.6 Å². The van der Waals surface area contributed by atoms with E-state index in [9.17, 15) is 31.2 Å². The molecule has 0 amide bonds. The van der Waals surface area contributed by atoms with Gasteiger partial charge in [0.15, 0.2) is 18.5 Å². The Kier molecular flexibility index (Phi) is 9.20. The topological polar surface area (TPSA) is 124 Å². The Hall–Kier alpha value is -2.26. The molecule has 0 unspecified atom stereocenters. The second-order valence-electron chi connectivity index (χ2n) is 6.88. The van der Waals surface area contributed by atoms with Crippen molar-refractivity contribution in [3.63, 3.8) is 0 Å². The maximum Gasteiger partial charge on any atom is 0.523 e. The zero-order valence-corrected chi connectivity index (χ0v) is 18.6. The monoisotopic (exact) mass is 500 g/mol. The molecule has 5 atom stereocenters. The van der Waals surface area contributed by atoms with E-state index in [-0.39, 0.29) is 6.61 Å². The fourth-order valence-electron chi connectivity index (χ4n) is 3.00. The van der Waals surface area contributed by atoms with Crippen molar-refractivity contribution in [2.75, 3.05) is 13.7 Å². The van der Waals surface area contributed by atoms with Crippen LogP contribution in [0.4, 0.5) is 13.2 Å². The Morgan fingerprint density at radius 1 is 1.03 bits per heavy atom. The van der Waals surface area contributed by atoms with Crippen LogP contribution in [-0.4, -0.2) is 70.3 Å². The number of benzene rings is 1. The number of carbonyl (C=O) groups is 2. The molecule has 1 aromatic carbocycles. The second-order valence-corrected chi connectivity index (χ2v) is 8.44. The highest BCUT2D eigenvalue weighted by molar-refractivity contribution is 7.87. The van der Waals surface area contributed by atoms with Gasteiger partial charge in [-0.05, 0) is 5.56 Å². The molecule has 0 saturated carbocycles. The first-order valence-electron chi connectivity index (χ1n) is 9.49. The fraction of sp³-hybridized carbons (Fsp3) is 0.579. The van der Waals surface area contributed by atoms with E-state index in [4.69, 9.17) is 23.7 Å². The Morgan fingerprint density at radius 2 is 1.67 bits per heavy atom.